The number of rotatable bonds is 9. The van der Waals surface area contributed by atoms with E-state index in [0.717, 1.165) is 38.1 Å². The average molecular weight is 361 g/mol. The summed E-state index contributed by atoms with van der Waals surface area (Å²) in [5.41, 5.74) is 2.49. The second-order valence-electron chi connectivity index (χ2n) is 6.99. The Morgan fingerprint density at radius 3 is 2.77 bits per heavy atom. The first-order valence-corrected chi connectivity index (χ1v) is 10.1. The molecular formula is C21H36N4O. The molecule has 1 atom stereocenters. The van der Waals surface area contributed by atoms with E-state index in [1.807, 2.05) is 14.0 Å². The standard InChI is InChI=1S/C21H36N4O/c1-4-26-17-20-12-6-5-11-19(20)16-24-21(22-3)23-13-9-15-25-14-8-7-10-18(25)2/h5-6,11-12,18H,4,7-10,13-17H2,1-3H3,(H2,22,23,24). The zero-order chi connectivity index (χ0) is 18.6. The first-order chi connectivity index (χ1) is 12.7. The molecule has 0 saturated carbocycles. The highest BCUT2D eigenvalue weighted by molar-refractivity contribution is 5.79. The quantitative estimate of drug-likeness (QED) is 0.403. The first-order valence-electron chi connectivity index (χ1n) is 10.1. The van der Waals surface area contributed by atoms with Gasteiger partial charge >= 0.3 is 0 Å². The topological polar surface area (TPSA) is 48.9 Å². The van der Waals surface area contributed by atoms with Crippen LogP contribution in [0.25, 0.3) is 0 Å². The number of ether oxygens (including phenoxy) is 1. The summed E-state index contributed by atoms with van der Waals surface area (Å²) in [5.74, 6) is 0.864. The molecule has 1 aliphatic heterocycles. The maximum absolute atomic E-state index is 5.56. The Morgan fingerprint density at radius 2 is 2.04 bits per heavy atom. The average Bonchev–Trinajstić information content (AvgIpc) is 2.67. The van der Waals surface area contributed by atoms with Crippen molar-refractivity contribution in [1.82, 2.24) is 15.5 Å². The highest BCUT2D eigenvalue weighted by Gasteiger charge is 2.17. The highest BCUT2D eigenvalue weighted by Crippen LogP contribution is 2.16. The third kappa shape index (κ3) is 6.96. The van der Waals surface area contributed by atoms with E-state index in [2.05, 4.69) is 51.7 Å². The van der Waals surface area contributed by atoms with Crippen molar-refractivity contribution in [2.24, 2.45) is 4.99 Å². The third-order valence-electron chi connectivity index (χ3n) is 5.11. The van der Waals surface area contributed by atoms with Crippen LogP contribution in [0.2, 0.25) is 0 Å². The lowest BCUT2D eigenvalue weighted by Gasteiger charge is -2.33. The van der Waals surface area contributed by atoms with Gasteiger partial charge in [-0.15, -0.1) is 0 Å². The Hall–Kier alpha value is -1.59. The second-order valence-corrected chi connectivity index (χ2v) is 6.99. The molecule has 26 heavy (non-hydrogen) atoms. The number of nitrogens with one attached hydrogen (secondary N) is 2. The van der Waals surface area contributed by atoms with Gasteiger partial charge in [0.1, 0.15) is 0 Å². The molecule has 2 N–H and O–H groups in total. The molecule has 2 rings (SSSR count). The van der Waals surface area contributed by atoms with Gasteiger partial charge < -0.3 is 20.3 Å². The van der Waals surface area contributed by atoms with Crippen molar-refractivity contribution in [3.8, 4) is 0 Å². The first kappa shape index (κ1) is 20.7. The summed E-state index contributed by atoms with van der Waals surface area (Å²) in [6.07, 6.45) is 5.23. The van der Waals surface area contributed by atoms with Gasteiger partial charge in [0.05, 0.1) is 6.61 Å². The number of aliphatic imine (C=N–C) groups is 1. The molecule has 0 aliphatic carbocycles. The molecule has 5 nitrogen and oxygen atoms in total. The summed E-state index contributed by atoms with van der Waals surface area (Å²) in [5, 5.41) is 6.86. The molecule has 0 aromatic heterocycles. The minimum Gasteiger partial charge on any atom is -0.377 e. The van der Waals surface area contributed by atoms with Crippen LogP contribution in [0.5, 0.6) is 0 Å². The fourth-order valence-corrected chi connectivity index (χ4v) is 3.46. The van der Waals surface area contributed by atoms with E-state index in [1.54, 1.807) is 0 Å². The largest absolute Gasteiger partial charge is 0.377 e. The fraction of sp³-hybridized carbons (Fsp3) is 0.667. The molecule has 0 bridgehead atoms. The van der Waals surface area contributed by atoms with Crippen molar-refractivity contribution in [3.05, 3.63) is 35.4 Å². The van der Waals surface area contributed by atoms with E-state index >= 15 is 0 Å². The van der Waals surface area contributed by atoms with Crippen molar-refractivity contribution in [1.29, 1.82) is 0 Å². The summed E-state index contributed by atoms with van der Waals surface area (Å²) in [6, 6.07) is 9.15. The molecule has 146 valence electrons. The van der Waals surface area contributed by atoms with Gasteiger partial charge in [-0.1, -0.05) is 30.7 Å². The lowest BCUT2D eigenvalue weighted by molar-refractivity contribution is 0.133. The highest BCUT2D eigenvalue weighted by atomic mass is 16.5. The smallest absolute Gasteiger partial charge is 0.191 e. The monoisotopic (exact) mass is 360 g/mol. The van der Waals surface area contributed by atoms with Crippen molar-refractivity contribution in [2.45, 2.75) is 58.7 Å². The zero-order valence-corrected chi connectivity index (χ0v) is 16.8. The van der Waals surface area contributed by atoms with Gasteiger partial charge in [0, 0.05) is 39.3 Å². The van der Waals surface area contributed by atoms with Crippen LogP contribution in [-0.4, -0.2) is 50.2 Å². The van der Waals surface area contributed by atoms with Crippen LogP contribution in [0, 0.1) is 0 Å². The molecule has 1 aromatic rings. The molecule has 5 heteroatoms. The lowest BCUT2D eigenvalue weighted by atomic mass is 10.0. The number of piperidine rings is 1. The maximum Gasteiger partial charge on any atom is 0.191 e. The Balaban J connectivity index is 1.71. The predicted octanol–water partition coefficient (Wildman–Crippen LogP) is 3.15. The molecule has 1 unspecified atom stereocenters. The van der Waals surface area contributed by atoms with Gasteiger partial charge in [-0.3, -0.25) is 4.99 Å². The molecule has 1 heterocycles. The number of likely N-dealkylation sites (tertiary alicyclic amines) is 1. The van der Waals surface area contributed by atoms with Crippen molar-refractivity contribution in [2.75, 3.05) is 33.3 Å². The van der Waals surface area contributed by atoms with Crippen molar-refractivity contribution in [3.63, 3.8) is 0 Å². The number of hydrogen-bond acceptors (Lipinski definition) is 3. The maximum atomic E-state index is 5.56. The van der Waals surface area contributed by atoms with Crippen LogP contribution in [-0.2, 0) is 17.9 Å². The molecule has 0 amide bonds. The van der Waals surface area contributed by atoms with Gasteiger partial charge in [0.25, 0.3) is 0 Å². The van der Waals surface area contributed by atoms with Crippen LogP contribution in [0.15, 0.2) is 29.3 Å². The van der Waals surface area contributed by atoms with E-state index in [4.69, 9.17) is 4.74 Å². The predicted molar refractivity (Wildman–Crippen MR) is 109 cm³/mol. The van der Waals surface area contributed by atoms with Gasteiger partial charge in [0.2, 0.25) is 0 Å². The van der Waals surface area contributed by atoms with E-state index in [1.165, 1.54) is 43.5 Å². The van der Waals surface area contributed by atoms with Crippen LogP contribution in [0.3, 0.4) is 0 Å². The molecule has 1 aliphatic rings. The van der Waals surface area contributed by atoms with Gasteiger partial charge in [-0.25, -0.2) is 0 Å². The van der Waals surface area contributed by atoms with Gasteiger partial charge in [-0.05, 0) is 50.8 Å². The van der Waals surface area contributed by atoms with Crippen molar-refractivity contribution >= 4 is 5.96 Å². The molecular weight excluding hydrogens is 324 g/mol. The van der Waals surface area contributed by atoms with Crippen LogP contribution >= 0.6 is 0 Å². The fourth-order valence-electron chi connectivity index (χ4n) is 3.46. The van der Waals surface area contributed by atoms with Crippen LogP contribution in [0.4, 0.5) is 0 Å². The lowest BCUT2D eigenvalue weighted by Crippen LogP contribution is -2.41. The van der Waals surface area contributed by atoms with E-state index in [0.29, 0.717) is 6.61 Å². The number of hydrogen-bond donors (Lipinski definition) is 2. The van der Waals surface area contributed by atoms with E-state index in [9.17, 15) is 0 Å². The van der Waals surface area contributed by atoms with Crippen molar-refractivity contribution < 1.29 is 4.74 Å². The summed E-state index contributed by atoms with van der Waals surface area (Å²) < 4.78 is 5.56. The molecule has 0 spiro atoms. The Bertz CT molecular complexity index is 547. The zero-order valence-electron chi connectivity index (χ0n) is 16.8. The second kappa shape index (κ2) is 11.9. The Labute approximate surface area is 159 Å². The Kier molecular flexibility index (Phi) is 9.50. The summed E-state index contributed by atoms with van der Waals surface area (Å²) in [4.78, 5) is 6.96. The van der Waals surface area contributed by atoms with Gasteiger partial charge in [0.15, 0.2) is 5.96 Å². The summed E-state index contributed by atoms with van der Waals surface area (Å²) in [7, 11) is 1.83. The van der Waals surface area contributed by atoms with Crippen LogP contribution < -0.4 is 10.6 Å². The normalized spacial score (nSPS) is 18.7. The SMILES string of the molecule is CCOCc1ccccc1CNC(=NC)NCCCN1CCCCC1C. The number of guanidine groups is 1. The minimum atomic E-state index is 0.661. The van der Waals surface area contributed by atoms with E-state index < -0.39 is 0 Å². The third-order valence-corrected chi connectivity index (χ3v) is 5.11. The molecule has 0 radical (unpaired) electrons. The summed E-state index contributed by atoms with van der Waals surface area (Å²) in [6.45, 7) is 9.90. The minimum absolute atomic E-state index is 0.661. The summed E-state index contributed by atoms with van der Waals surface area (Å²) >= 11 is 0. The molecule has 1 saturated heterocycles. The number of benzene rings is 1. The van der Waals surface area contributed by atoms with Crippen LogP contribution in [0.1, 0.15) is 50.7 Å². The molecule has 1 fully saturated rings. The van der Waals surface area contributed by atoms with E-state index in [-0.39, 0.29) is 0 Å². The Morgan fingerprint density at radius 1 is 1.23 bits per heavy atom. The van der Waals surface area contributed by atoms with Gasteiger partial charge in [-0.2, -0.15) is 0 Å². The number of nitrogens with zero attached hydrogens (tertiary/aromatic N) is 2. The molecule has 1 aromatic carbocycles.